The third-order valence-corrected chi connectivity index (χ3v) is 6.16. The maximum atomic E-state index is 13.8. The van der Waals surface area contributed by atoms with Crippen molar-refractivity contribution < 1.29 is 9.53 Å². The lowest BCUT2D eigenvalue weighted by Crippen LogP contribution is -2.43. The second-order valence-corrected chi connectivity index (χ2v) is 7.92. The number of hydrogen-bond donors (Lipinski definition) is 1. The van der Waals surface area contributed by atoms with E-state index in [2.05, 4.69) is 15.0 Å². The fourth-order valence-corrected chi connectivity index (χ4v) is 4.64. The summed E-state index contributed by atoms with van der Waals surface area (Å²) in [5, 5.41) is 0. The molecule has 0 aliphatic carbocycles. The number of benzene rings is 2. The summed E-state index contributed by atoms with van der Waals surface area (Å²) >= 11 is 0. The van der Waals surface area contributed by atoms with Crippen LogP contribution in [-0.2, 0) is 11.2 Å². The van der Waals surface area contributed by atoms with Gasteiger partial charge in [-0.2, -0.15) is 0 Å². The molecule has 0 saturated carbocycles. The molecule has 1 aliphatic heterocycles. The zero-order valence-corrected chi connectivity index (χ0v) is 17.9. The molecule has 158 valence electrons. The lowest BCUT2D eigenvalue weighted by Gasteiger charge is -2.37. The minimum atomic E-state index is -0.381. The van der Waals surface area contributed by atoms with Crippen LogP contribution in [-0.4, -0.2) is 44.0 Å². The molecule has 1 aliphatic rings. The van der Waals surface area contributed by atoms with Gasteiger partial charge >= 0.3 is 0 Å². The second-order valence-electron chi connectivity index (χ2n) is 7.92. The summed E-state index contributed by atoms with van der Waals surface area (Å²) in [5.41, 5.74) is 4.88. The normalized spacial score (nSPS) is 16.9. The number of aryl methyl sites for hydroxylation is 1. The van der Waals surface area contributed by atoms with Gasteiger partial charge in [0.1, 0.15) is 23.7 Å². The molecule has 0 saturated heterocycles. The highest BCUT2D eigenvalue weighted by molar-refractivity contribution is 5.85. The van der Waals surface area contributed by atoms with Crippen molar-refractivity contribution in [1.82, 2.24) is 24.4 Å². The number of methoxy groups -OCH3 is 1. The SMILES string of the molecule is COc1ccc(C2c3nc[nH]c3CCN2C(=O)C(C)n2c(C)nc3ccccc32)cc1. The molecule has 2 aromatic heterocycles. The number of nitrogens with zero attached hydrogens (tertiary/aromatic N) is 4. The molecule has 4 aromatic rings. The first-order valence-corrected chi connectivity index (χ1v) is 10.5. The highest BCUT2D eigenvalue weighted by Gasteiger charge is 2.36. The fourth-order valence-electron chi connectivity index (χ4n) is 4.64. The molecule has 3 heterocycles. The van der Waals surface area contributed by atoms with Crippen molar-refractivity contribution >= 4 is 16.9 Å². The lowest BCUT2D eigenvalue weighted by molar-refractivity contribution is -0.136. The lowest BCUT2D eigenvalue weighted by atomic mass is 9.94. The quantitative estimate of drug-likeness (QED) is 0.550. The second kappa shape index (κ2) is 7.58. The van der Waals surface area contributed by atoms with Crippen LogP contribution in [0.15, 0.2) is 54.9 Å². The van der Waals surface area contributed by atoms with Gasteiger partial charge in [-0.3, -0.25) is 4.79 Å². The Bertz CT molecular complexity index is 1240. The van der Waals surface area contributed by atoms with Crippen LogP contribution in [0.3, 0.4) is 0 Å². The predicted octanol–water partition coefficient (Wildman–Crippen LogP) is 3.81. The molecule has 0 spiro atoms. The van der Waals surface area contributed by atoms with E-state index >= 15 is 0 Å². The molecule has 0 fully saturated rings. The largest absolute Gasteiger partial charge is 0.497 e. The summed E-state index contributed by atoms with van der Waals surface area (Å²) in [6, 6.07) is 15.2. The van der Waals surface area contributed by atoms with E-state index in [-0.39, 0.29) is 18.0 Å². The van der Waals surface area contributed by atoms with Gasteiger partial charge < -0.3 is 19.2 Å². The number of carbonyl (C=O) groups excluding carboxylic acids is 1. The van der Waals surface area contributed by atoms with E-state index in [1.165, 1.54) is 0 Å². The molecule has 5 rings (SSSR count). The van der Waals surface area contributed by atoms with Gasteiger partial charge in [0.2, 0.25) is 5.91 Å². The van der Waals surface area contributed by atoms with Crippen molar-refractivity contribution in [1.29, 1.82) is 0 Å². The van der Waals surface area contributed by atoms with Gasteiger partial charge in [0, 0.05) is 18.7 Å². The van der Waals surface area contributed by atoms with Gasteiger partial charge in [0.25, 0.3) is 0 Å². The molecule has 2 unspecified atom stereocenters. The maximum absolute atomic E-state index is 13.8. The standard InChI is InChI=1S/C24H25N5O2/c1-15(29-16(2)27-19-6-4-5-7-21(19)29)24(30)28-13-12-20-22(26-14-25-20)23(28)17-8-10-18(31-3)11-9-17/h4-11,14-15,23H,12-13H2,1-3H3,(H,25,26). The van der Waals surface area contributed by atoms with E-state index in [1.807, 2.05) is 71.8 Å². The van der Waals surface area contributed by atoms with E-state index < -0.39 is 0 Å². The van der Waals surface area contributed by atoms with Crippen molar-refractivity contribution in [2.75, 3.05) is 13.7 Å². The average Bonchev–Trinajstić information content (AvgIpc) is 3.41. The molecule has 1 amide bonds. The van der Waals surface area contributed by atoms with Gasteiger partial charge in [-0.15, -0.1) is 0 Å². The van der Waals surface area contributed by atoms with Crippen molar-refractivity contribution in [2.24, 2.45) is 0 Å². The first-order chi connectivity index (χ1) is 15.1. The number of carbonyl (C=O) groups is 1. The van der Waals surface area contributed by atoms with E-state index in [0.717, 1.165) is 46.0 Å². The van der Waals surface area contributed by atoms with Crippen molar-refractivity contribution in [3.8, 4) is 5.75 Å². The van der Waals surface area contributed by atoms with Gasteiger partial charge in [-0.1, -0.05) is 24.3 Å². The zero-order chi connectivity index (χ0) is 21.5. The maximum Gasteiger partial charge on any atom is 0.246 e. The smallest absolute Gasteiger partial charge is 0.246 e. The molecule has 7 nitrogen and oxygen atoms in total. The Labute approximate surface area is 180 Å². The summed E-state index contributed by atoms with van der Waals surface area (Å²) in [7, 11) is 1.65. The van der Waals surface area contributed by atoms with Crippen LogP contribution in [0.2, 0.25) is 0 Å². The Kier molecular flexibility index (Phi) is 4.73. The Balaban J connectivity index is 1.55. The highest BCUT2D eigenvalue weighted by Crippen LogP contribution is 2.36. The third kappa shape index (κ3) is 3.17. The molecule has 0 bridgehead atoms. The Morgan fingerprint density at radius 3 is 2.74 bits per heavy atom. The van der Waals surface area contributed by atoms with Gasteiger partial charge in [-0.05, 0) is 43.7 Å². The first kappa shape index (κ1) is 19.4. The number of amides is 1. The molecular formula is C24H25N5O2. The van der Waals surface area contributed by atoms with Crippen molar-refractivity contribution in [3.05, 3.63) is 77.6 Å². The summed E-state index contributed by atoms with van der Waals surface area (Å²) < 4.78 is 7.34. The van der Waals surface area contributed by atoms with Crippen LogP contribution in [0, 0.1) is 6.92 Å². The summed E-state index contributed by atoms with van der Waals surface area (Å²) in [5.74, 6) is 1.68. The van der Waals surface area contributed by atoms with Crippen LogP contribution < -0.4 is 4.74 Å². The molecule has 7 heteroatoms. The summed E-state index contributed by atoms with van der Waals surface area (Å²) in [6.07, 6.45) is 2.47. The first-order valence-electron chi connectivity index (χ1n) is 10.5. The molecule has 2 atom stereocenters. The molecule has 31 heavy (non-hydrogen) atoms. The highest BCUT2D eigenvalue weighted by atomic mass is 16.5. The van der Waals surface area contributed by atoms with Gasteiger partial charge in [-0.25, -0.2) is 9.97 Å². The number of aromatic amines is 1. The van der Waals surface area contributed by atoms with E-state index in [9.17, 15) is 4.79 Å². The molecule has 1 N–H and O–H groups in total. The molecule has 0 radical (unpaired) electrons. The number of nitrogens with one attached hydrogen (secondary N) is 1. The number of ether oxygens (including phenoxy) is 1. The van der Waals surface area contributed by atoms with Crippen LogP contribution in [0.5, 0.6) is 5.75 Å². The number of imidazole rings is 2. The van der Waals surface area contributed by atoms with Gasteiger partial charge in [0.15, 0.2) is 0 Å². The van der Waals surface area contributed by atoms with Crippen LogP contribution >= 0.6 is 0 Å². The van der Waals surface area contributed by atoms with Crippen LogP contribution in [0.4, 0.5) is 0 Å². The minimum absolute atomic E-state index is 0.0562. The summed E-state index contributed by atoms with van der Waals surface area (Å²) in [6.45, 7) is 4.53. The van der Waals surface area contributed by atoms with Gasteiger partial charge in [0.05, 0.1) is 30.2 Å². The Hall–Kier alpha value is -3.61. The number of rotatable bonds is 4. The molecular weight excluding hydrogens is 390 g/mol. The molecule has 2 aromatic carbocycles. The predicted molar refractivity (Wildman–Crippen MR) is 118 cm³/mol. The number of hydrogen-bond acceptors (Lipinski definition) is 4. The number of fused-ring (bicyclic) bond motifs is 2. The van der Waals surface area contributed by atoms with Crippen LogP contribution in [0.1, 0.15) is 41.8 Å². The monoisotopic (exact) mass is 415 g/mol. The average molecular weight is 415 g/mol. The van der Waals surface area contributed by atoms with Crippen LogP contribution in [0.25, 0.3) is 11.0 Å². The van der Waals surface area contributed by atoms with Crippen molar-refractivity contribution in [2.45, 2.75) is 32.4 Å². The summed E-state index contributed by atoms with van der Waals surface area (Å²) in [4.78, 5) is 28.3. The Morgan fingerprint density at radius 2 is 1.97 bits per heavy atom. The van der Waals surface area contributed by atoms with E-state index in [4.69, 9.17) is 4.74 Å². The number of H-pyrrole nitrogens is 1. The third-order valence-electron chi connectivity index (χ3n) is 6.16. The van der Waals surface area contributed by atoms with Crippen molar-refractivity contribution in [3.63, 3.8) is 0 Å². The minimum Gasteiger partial charge on any atom is -0.497 e. The van der Waals surface area contributed by atoms with E-state index in [1.54, 1.807) is 13.4 Å². The number of para-hydroxylation sites is 2. The fraction of sp³-hybridized carbons (Fsp3) is 0.292. The zero-order valence-electron chi connectivity index (χ0n) is 17.9. The Morgan fingerprint density at radius 1 is 1.19 bits per heavy atom. The van der Waals surface area contributed by atoms with E-state index in [0.29, 0.717) is 6.54 Å². The topological polar surface area (TPSA) is 76.0 Å². The number of aromatic nitrogens is 4.